The van der Waals surface area contributed by atoms with E-state index in [0.29, 0.717) is 73.0 Å². The third kappa shape index (κ3) is 7.68. The Kier molecular flexibility index (Phi) is 11.1. The van der Waals surface area contributed by atoms with Crippen LogP contribution in [-0.2, 0) is 27.2 Å². The van der Waals surface area contributed by atoms with Crippen molar-refractivity contribution in [1.82, 2.24) is 25.5 Å². The van der Waals surface area contributed by atoms with E-state index in [1.54, 1.807) is 24.7 Å². The maximum Gasteiger partial charge on any atom is 0.312 e. The van der Waals surface area contributed by atoms with E-state index < -0.39 is 11.5 Å². The quantitative estimate of drug-likeness (QED) is 0.256. The fraction of sp³-hybridized carbons (Fsp3) is 0.586. The number of aromatic amines is 1. The number of ether oxygens (including phenoxy) is 1. The van der Waals surface area contributed by atoms with Crippen molar-refractivity contribution in [3.8, 4) is 0 Å². The summed E-state index contributed by atoms with van der Waals surface area (Å²) in [5.74, 6) is 0.148. The van der Waals surface area contributed by atoms with Gasteiger partial charge in [-0.05, 0) is 68.4 Å². The van der Waals surface area contributed by atoms with E-state index in [1.165, 1.54) is 6.42 Å². The van der Waals surface area contributed by atoms with Crippen molar-refractivity contribution in [2.75, 3.05) is 26.2 Å². The first-order chi connectivity index (χ1) is 19.3. The lowest BCUT2D eigenvalue weighted by atomic mass is 9.63. The molecule has 0 bridgehead atoms. The van der Waals surface area contributed by atoms with Crippen LogP contribution < -0.4 is 10.6 Å². The van der Waals surface area contributed by atoms with Crippen molar-refractivity contribution in [2.24, 2.45) is 11.3 Å². The number of carbonyl (C=O) groups is 2. The molecule has 3 N–H and O–H groups in total. The second-order valence-electron chi connectivity index (χ2n) is 10.8. The topological polar surface area (TPSA) is 99.3 Å². The van der Waals surface area contributed by atoms with Crippen LogP contribution in [0.2, 0.25) is 10.0 Å². The highest BCUT2D eigenvalue weighted by Crippen LogP contribution is 2.47. The molecule has 11 heteroatoms. The van der Waals surface area contributed by atoms with Crippen molar-refractivity contribution in [3.63, 3.8) is 0 Å². The van der Waals surface area contributed by atoms with Crippen molar-refractivity contribution < 1.29 is 14.3 Å². The highest BCUT2D eigenvalue weighted by Gasteiger charge is 2.49. The molecule has 2 aromatic rings. The summed E-state index contributed by atoms with van der Waals surface area (Å²) in [6.07, 6.45) is 11.3. The smallest absolute Gasteiger partial charge is 0.312 e. The number of rotatable bonds is 10. The van der Waals surface area contributed by atoms with Gasteiger partial charge in [0.15, 0.2) is 5.11 Å². The lowest BCUT2D eigenvalue weighted by molar-refractivity contribution is -0.166. The van der Waals surface area contributed by atoms with Crippen molar-refractivity contribution >= 4 is 52.4 Å². The van der Waals surface area contributed by atoms with E-state index in [4.69, 9.17) is 40.2 Å². The van der Waals surface area contributed by atoms with Crippen LogP contribution >= 0.6 is 35.4 Å². The van der Waals surface area contributed by atoms with E-state index in [9.17, 15) is 9.59 Å². The van der Waals surface area contributed by atoms with Gasteiger partial charge in [0.05, 0.1) is 18.3 Å². The molecular weight excluding hydrogens is 569 g/mol. The summed E-state index contributed by atoms with van der Waals surface area (Å²) in [7, 11) is 0. The number of thiocarbonyl (C=S) groups is 1. The van der Waals surface area contributed by atoms with Crippen LogP contribution in [0.25, 0.3) is 0 Å². The minimum absolute atomic E-state index is 0.0650. The largest absolute Gasteiger partial charge is 0.466 e. The lowest BCUT2D eigenvalue weighted by Crippen LogP contribution is -2.56. The first kappa shape index (κ1) is 30.6. The Hall–Kier alpha value is -2.36. The van der Waals surface area contributed by atoms with Crippen molar-refractivity contribution in [2.45, 2.75) is 70.8 Å². The van der Waals surface area contributed by atoms with Crippen LogP contribution in [0, 0.1) is 11.3 Å². The van der Waals surface area contributed by atoms with Gasteiger partial charge in [-0.15, -0.1) is 0 Å². The monoisotopic (exact) mass is 607 g/mol. The van der Waals surface area contributed by atoms with Gasteiger partial charge < -0.3 is 25.3 Å². The Morgan fingerprint density at radius 3 is 2.62 bits per heavy atom. The third-order valence-electron chi connectivity index (χ3n) is 8.31. The SMILES string of the molecule is CCOC(=O)C1(C2CCCCC2)CCN(C(=O)[C@@H](Cc2ccc(Cl)cc2Cl)NC(=S)NCCc2cnc[nH]2)CC1. The second kappa shape index (κ2) is 14.5. The van der Waals surface area contributed by atoms with Crippen LogP contribution in [-0.4, -0.2) is 64.1 Å². The van der Waals surface area contributed by atoms with E-state index >= 15 is 0 Å². The van der Waals surface area contributed by atoms with Gasteiger partial charge >= 0.3 is 5.97 Å². The van der Waals surface area contributed by atoms with Crippen molar-refractivity contribution in [3.05, 3.63) is 52.0 Å². The summed E-state index contributed by atoms with van der Waals surface area (Å²) in [5.41, 5.74) is 1.28. The molecule has 1 aromatic heterocycles. The molecule has 0 spiro atoms. The Labute approximate surface area is 251 Å². The van der Waals surface area contributed by atoms with Gasteiger partial charge in [0.2, 0.25) is 5.91 Å². The van der Waals surface area contributed by atoms with E-state index in [2.05, 4.69) is 20.6 Å². The number of hydrogen-bond acceptors (Lipinski definition) is 5. The number of hydrogen-bond donors (Lipinski definition) is 3. The molecule has 8 nitrogen and oxygen atoms in total. The number of nitrogens with zero attached hydrogens (tertiary/aromatic N) is 2. The van der Waals surface area contributed by atoms with Gasteiger partial charge in [-0.25, -0.2) is 4.98 Å². The zero-order valence-corrected chi connectivity index (χ0v) is 25.3. The number of imidazole rings is 1. The number of carbonyl (C=O) groups excluding carboxylic acids is 2. The summed E-state index contributed by atoms with van der Waals surface area (Å²) < 4.78 is 5.59. The molecule has 1 aromatic carbocycles. The van der Waals surface area contributed by atoms with Gasteiger partial charge in [0.1, 0.15) is 6.04 Å². The molecular formula is C29H39Cl2N5O3S. The summed E-state index contributed by atoms with van der Waals surface area (Å²) in [5, 5.41) is 7.85. The van der Waals surface area contributed by atoms with Crippen LogP contribution in [0.15, 0.2) is 30.7 Å². The first-order valence-electron chi connectivity index (χ1n) is 14.2. The number of esters is 1. The first-order valence-corrected chi connectivity index (χ1v) is 15.4. The summed E-state index contributed by atoms with van der Waals surface area (Å²) in [4.78, 5) is 36.2. The lowest BCUT2D eigenvalue weighted by Gasteiger charge is -2.46. The molecule has 1 amide bonds. The molecule has 0 radical (unpaired) electrons. The predicted octanol–water partition coefficient (Wildman–Crippen LogP) is 5.09. The van der Waals surface area contributed by atoms with Gasteiger partial charge in [-0.1, -0.05) is 48.5 Å². The number of amides is 1. The molecule has 1 saturated heterocycles. The summed E-state index contributed by atoms with van der Waals surface area (Å²) in [6, 6.07) is 4.66. The average molecular weight is 609 g/mol. The normalized spacial score (nSPS) is 18.1. The highest BCUT2D eigenvalue weighted by molar-refractivity contribution is 7.80. The van der Waals surface area contributed by atoms with Crippen molar-refractivity contribution in [1.29, 1.82) is 0 Å². The average Bonchev–Trinajstić information content (AvgIpc) is 3.48. The predicted molar refractivity (Wildman–Crippen MR) is 161 cm³/mol. The number of H-pyrrole nitrogens is 1. The Morgan fingerprint density at radius 2 is 1.98 bits per heavy atom. The molecule has 1 atom stereocenters. The van der Waals surface area contributed by atoms with Crippen LogP contribution in [0.3, 0.4) is 0 Å². The molecule has 1 aliphatic carbocycles. The molecule has 2 fully saturated rings. The molecule has 2 aliphatic rings. The molecule has 0 unspecified atom stereocenters. The fourth-order valence-corrected chi connectivity index (χ4v) is 6.83. The maximum absolute atomic E-state index is 13.9. The standard InChI is InChI=1S/C29H39Cl2N5O3S/c1-2-39-27(38)29(21-6-4-3-5-7-21)11-14-36(15-12-29)26(37)25(16-20-8-9-22(30)17-24(20)31)35-28(40)33-13-10-23-18-32-19-34-23/h8-9,17-19,21,25H,2-7,10-16H2,1H3,(H,32,34)(H2,33,35,40)/t25-/m1/s1. The van der Waals surface area contributed by atoms with Gasteiger partial charge in [-0.2, -0.15) is 0 Å². The minimum atomic E-state index is -0.629. The van der Waals surface area contributed by atoms with Crippen LogP contribution in [0.4, 0.5) is 0 Å². The maximum atomic E-state index is 13.9. The molecule has 4 rings (SSSR count). The third-order valence-corrected chi connectivity index (χ3v) is 9.16. The number of benzene rings is 1. The second-order valence-corrected chi connectivity index (χ2v) is 12.0. The number of halogens is 2. The number of piperidine rings is 1. The van der Waals surface area contributed by atoms with E-state index in [0.717, 1.165) is 36.9 Å². The van der Waals surface area contributed by atoms with Gasteiger partial charge in [-0.3, -0.25) is 9.59 Å². The Morgan fingerprint density at radius 1 is 1.23 bits per heavy atom. The summed E-state index contributed by atoms with van der Waals surface area (Å²) >= 11 is 18.2. The number of nitrogens with one attached hydrogen (secondary N) is 3. The Bertz CT molecular complexity index is 1150. The molecule has 1 saturated carbocycles. The van der Waals surface area contributed by atoms with Crippen LogP contribution in [0.5, 0.6) is 0 Å². The molecule has 2 heterocycles. The van der Waals surface area contributed by atoms with E-state index in [-0.39, 0.29) is 11.9 Å². The molecule has 40 heavy (non-hydrogen) atoms. The van der Waals surface area contributed by atoms with Gasteiger partial charge in [0, 0.05) is 54.4 Å². The fourth-order valence-electron chi connectivity index (χ4n) is 6.10. The molecule has 218 valence electrons. The minimum Gasteiger partial charge on any atom is -0.466 e. The molecule has 1 aliphatic heterocycles. The van der Waals surface area contributed by atoms with Crippen LogP contribution in [0.1, 0.15) is 63.1 Å². The van der Waals surface area contributed by atoms with E-state index in [1.807, 2.05) is 17.9 Å². The van der Waals surface area contributed by atoms with Gasteiger partial charge in [0.25, 0.3) is 0 Å². The zero-order valence-electron chi connectivity index (χ0n) is 23.0. The zero-order chi connectivity index (χ0) is 28.5. The number of likely N-dealkylation sites (tertiary alicyclic amines) is 1. The Balaban J connectivity index is 1.45. The highest BCUT2D eigenvalue weighted by atomic mass is 35.5. The summed E-state index contributed by atoms with van der Waals surface area (Å²) in [6.45, 7) is 3.81. The number of aromatic nitrogens is 2.